The van der Waals surface area contributed by atoms with E-state index in [0.717, 1.165) is 19.3 Å². The summed E-state index contributed by atoms with van der Waals surface area (Å²) in [6.45, 7) is 1.40. The summed E-state index contributed by atoms with van der Waals surface area (Å²) in [5.41, 5.74) is 0.939. The lowest BCUT2D eigenvalue weighted by Gasteiger charge is -2.32. The molecule has 2 heterocycles. The number of hydrogen-bond acceptors (Lipinski definition) is 3. The molecule has 0 saturated carbocycles. The van der Waals surface area contributed by atoms with Crippen LogP contribution in [0.15, 0.2) is 59.4 Å². The lowest BCUT2D eigenvalue weighted by molar-refractivity contribution is -0.132. The average Bonchev–Trinajstić information content (AvgIpc) is 3.13. The van der Waals surface area contributed by atoms with Gasteiger partial charge >= 0.3 is 5.69 Å². The molecule has 1 aromatic heterocycles. The highest BCUT2D eigenvalue weighted by Crippen LogP contribution is 2.23. The predicted octanol–water partition coefficient (Wildman–Crippen LogP) is 3.11. The molecule has 0 atom stereocenters. The van der Waals surface area contributed by atoms with E-state index >= 15 is 0 Å². The lowest BCUT2D eigenvalue weighted by atomic mass is 9.93. The molecule has 0 spiro atoms. The Bertz CT molecular complexity index is 1050. The number of para-hydroxylation sites is 1. The van der Waals surface area contributed by atoms with Gasteiger partial charge in [-0.3, -0.25) is 4.79 Å². The molecule has 0 aliphatic carbocycles. The number of benzene rings is 2. The third-order valence-electron chi connectivity index (χ3n) is 5.74. The van der Waals surface area contributed by atoms with Crippen LogP contribution in [0, 0.1) is 11.7 Å². The molecule has 4 rings (SSSR count). The molecule has 3 aromatic rings. The summed E-state index contributed by atoms with van der Waals surface area (Å²) in [5.74, 6) is 0.546. The molecule has 1 N–H and O–H groups in total. The van der Waals surface area contributed by atoms with Gasteiger partial charge in [0.15, 0.2) is 0 Å². The van der Waals surface area contributed by atoms with Crippen molar-refractivity contribution in [1.29, 1.82) is 0 Å². The number of carbonyl (C=O) groups is 1. The zero-order valence-corrected chi connectivity index (χ0v) is 16.8. The van der Waals surface area contributed by atoms with Crippen LogP contribution in [0.3, 0.4) is 0 Å². The highest BCUT2D eigenvalue weighted by atomic mass is 19.1. The SMILES string of the molecule is O=C(CCc1ccccc1)N1CCC(Cc2n[nH]c(=O)n2-c2ccccc2F)CC1. The second-order valence-corrected chi connectivity index (χ2v) is 7.75. The van der Waals surface area contributed by atoms with E-state index < -0.39 is 11.5 Å². The molecular formula is C23H25FN4O2. The molecule has 6 nitrogen and oxygen atoms in total. The highest BCUT2D eigenvalue weighted by Gasteiger charge is 2.25. The quantitative estimate of drug-likeness (QED) is 0.681. The number of amides is 1. The van der Waals surface area contributed by atoms with Crippen LogP contribution in [0.5, 0.6) is 0 Å². The van der Waals surface area contributed by atoms with Crippen molar-refractivity contribution in [3.63, 3.8) is 0 Å². The Balaban J connectivity index is 1.34. The predicted molar refractivity (Wildman–Crippen MR) is 112 cm³/mol. The van der Waals surface area contributed by atoms with Gasteiger partial charge in [0.25, 0.3) is 0 Å². The maximum absolute atomic E-state index is 14.2. The minimum absolute atomic E-state index is 0.181. The first-order valence-electron chi connectivity index (χ1n) is 10.3. The number of nitrogens with one attached hydrogen (secondary N) is 1. The van der Waals surface area contributed by atoms with Crippen molar-refractivity contribution in [3.05, 3.63) is 82.3 Å². The Morgan fingerprint density at radius 2 is 1.77 bits per heavy atom. The van der Waals surface area contributed by atoms with E-state index in [2.05, 4.69) is 10.2 Å². The third-order valence-corrected chi connectivity index (χ3v) is 5.74. The topological polar surface area (TPSA) is 71.0 Å². The van der Waals surface area contributed by atoms with Crippen LogP contribution < -0.4 is 5.69 Å². The van der Waals surface area contributed by atoms with E-state index in [9.17, 15) is 14.0 Å². The number of aromatic amines is 1. The fraction of sp³-hybridized carbons (Fsp3) is 0.348. The van der Waals surface area contributed by atoms with Crippen LogP contribution in [0.4, 0.5) is 4.39 Å². The number of carbonyl (C=O) groups excluding carboxylic acids is 1. The van der Waals surface area contributed by atoms with Crippen molar-refractivity contribution < 1.29 is 9.18 Å². The van der Waals surface area contributed by atoms with Gasteiger partial charge in [0.1, 0.15) is 11.6 Å². The number of halogens is 1. The number of H-pyrrole nitrogens is 1. The fourth-order valence-electron chi connectivity index (χ4n) is 4.05. The van der Waals surface area contributed by atoms with Gasteiger partial charge in [-0.2, -0.15) is 5.10 Å². The molecule has 156 valence electrons. The summed E-state index contributed by atoms with van der Waals surface area (Å²) in [4.78, 5) is 26.7. The van der Waals surface area contributed by atoms with E-state index in [1.807, 2.05) is 35.2 Å². The largest absolute Gasteiger partial charge is 0.348 e. The summed E-state index contributed by atoms with van der Waals surface area (Å²) >= 11 is 0. The standard InChI is InChI=1S/C23H25FN4O2/c24-19-8-4-5-9-20(19)28-21(25-26-23(28)30)16-18-12-14-27(15-13-18)22(29)11-10-17-6-2-1-3-7-17/h1-9,18H,10-16H2,(H,26,30). The molecule has 2 aromatic carbocycles. The first-order valence-corrected chi connectivity index (χ1v) is 10.3. The minimum Gasteiger partial charge on any atom is -0.343 e. The van der Waals surface area contributed by atoms with Crippen molar-refractivity contribution >= 4 is 5.91 Å². The lowest BCUT2D eigenvalue weighted by Crippen LogP contribution is -2.39. The Hall–Kier alpha value is -3.22. The van der Waals surface area contributed by atoms with Crippen molar-refractivity contribution in [1.82, 2.24) is 19.7 Å². The van der Waals surface area contributed by atoms with Crippen LogP contribution in [-0.4, -0.2) is 38.7 Å². The monoisotopic (exact) mass is 408 g/mol. The number of piperidine rings is 1. The Kier molecular flexibility index (Phi) is 6.07. The summed E-state index contributed by atoms with van der Waals surface area (Å²) < 4.78 is 15.5. The molecule has 0 unspecified atom stereocenters. The van der Waals surface area contributed by atoms with Gasteiger partial charge in [0.2, 0.25) is 5.91 Å². The van der Waals surface area contributed by atoms with E-state index in [4.69, 9.17) is 0 Å². The third kappa shape index (κ3) is 4.50. The first-order chi connectivity index (χ1) is 14.6. The molecule has 0 bridgehead atoms. The summed E-state index contributed by atoms with van der Waals surface area (Å²) in [5, 5.41) is 6.56. The maximum atomic E-state index is 14.2. The molecular weight excluding hydrogens is 383 g/mol. The number of nitrogens with zero attached hydrogens (tertiary/aromatic N) is 3. The second-order valence-electron chi connectivity index (χ2n) is 7.75. The second kappa shape index (κ2) is 9.07. The van der Waals surface area contributed by atoms with Gasteiger partial charge in [-0.1, -0.05) is 42.5 Å². The Morgan fingerprint density at radius 3 is 2.50 bits per heavy atom. The molecule has 1 saturated heterocycles. The molecule has 1 fully saturated rings. The van der Waals surface area contributed by atoms with Crippen molar-refractivity contribution in [2.75, 3.05) is 13.1 Å². The fourth-order valence-corrected chi connectivity index (χ4v) is 4.05. The van der Waals surface area contributed by atoms with E-state index in [-0.39, 0.29) is 11.6 Å². The van der Waals surface area contributed by atoms with Crippen molar-refractivity contribution in [3.8, 4) is 5.69 Å². The average molecular weight is 408 g/mol. The number of likely N-dealkylation sites (tertiary alicyclic amines) is 1. The van der Waals surface area contributed by atoms with Crippen molar-refractivity contribution in [2.45, 2.75) is 32.1 Å². The highest BCUT2D eigenvalue weighted by molar-refractivity contribution is 5.76. The van der Waals surface area contributed by atoms with Gasteiger partial charge in [0.05, 0.1) is 5.69 Å². The summed E-state index contributed by atoms with van der Waals surface area (Å²) in [6.07, 6.45) is 3.52. The normalized spacial score (nSPS) is 14.8. The zero-order valence-electron chi connectivity index (χ0n) is 16.8. The number of hydrogen-bond donors (Lipinski definition) is 1. The summed E-state index contributed by atoms with van der Waals surface area (Å²) in [6, 6.07) is 16.2. The molecule has 1 aliphatic rings. The smallest absolute Gasteiger partial charge is 0.343 e. The molecule has 30 heavy (non-hydrogen) atoms. The maximum Gasteiger partial charge on any atom is 0.348 e. The number of rotatable bonds is 6. The summed E-state index contributed by atoms with van der Waals surface area (Å²) in [7, 11) is 0. The molecule has 0 radical (unpaired) electrons. The Labute approximate surface area is 174 Å². The molecule has 1 aliphatic heterocycles. The van der Waals surface area contributed by atoms with Gasteiger partial charge in [-0.05, 0) is 42.9 Å². The molecule has 1 amide bonds. The zero-order chi connectivity index (χ0) is 20.9. The van der Waals surface area contributed by atoms with Crippen LogP contribution in [0.2, 0.25) is 0 Å². The van der Waals surface area contributed by atoms with Crippen LogP contribution >= 0.6 is 0 Å². The first kappa shape index (κ1) is 20.1. The molecule has 7 heteroatoms. The minimum atomic E-state index is -0.457. The number of aryl methyl sites for hydroxylation is 1. The van der Waals surface area contributed by atoms with E-state index in [1.165, 1.54) is 16.2 Å². The van der Waals surface area contributed by atoms with E-state index in [1.54, 1.807) is 18.2 Å². The van der Waals surface area contributed by atoms with Crippen LogP contribution in [-0.2, 0) is 17.6 Å². The van der Waals surface area contributed by atoms with E-state index in [0.29, 0.717) is 37.7 Å². The van der Waals surface area contributed by atoms with Crippen LogP contribution in [0.1, 0.15) is 30.7 Å². The van der Waals surface area contributed by atoms with Gasteiger partial charge < -0.3 is 4.90 Å². The van der Waals surface area contributed by atoms with Gasteiger partial charge in [-0.25, -0.2) is 18.9 Å². The van der Waals surface area contributed by atoms with Gasteiger partial charge in [0, 0.05) is 25.9 Å². The Morgan fingerprint density at radius 1 is 1.07 bits per heavy atom. The number of aromatic nitrogens is 3. The van der Waals surface area contributed by atoms with Crippen molar-refractivity contribution in [2.24, 2.45) is 5.92 Å². The van der Waals surface area contributed by atoms with Gasteiger partial charge in [-0.15, -0.1) is 0 Å². The van der Waals surface area contributed by atoms with Crippen LogP contribution in [0.25, 0.3) is 5.69 Å².